The molecule has 0 rings (SSSR count). The Kier molecular flexibility index (Phi) is 8.95. The molecular formula is C5H9KO2. The summed E-state index contributed by atoms with van der Waals surface area (Å²) in [6, 6.07) is 0. The van der Waals surface area contributed by atoms with Crippen LogP contribution in [0.25, 0.3) is 0 Å². The first kappa shape index (κ1) is 11.7. The molecular weight excluding hydrogens is 131 g/mol. The number of rotatable bonds is 2. The van der Waals surface area contributed by atoms with Crippen molar-refractivity contribution in [3.05, 3.63) is 0 Å². The molecule has 0 heterocycles. The molecule has 0 aliphatic heterocycles. The molecule has 0 aliphatic rings. The SMILES string of the molecule is CC(=O)CC(C)=O.[H-].[K+]. The van der Waals surface area contributed by atoms with E-state index in [2.05, 4.69) is 0 Å². The molecule has 0 aliphatic carbocycles. The van der Waals surface area contributed by atoms with E-state index in [0.717, 1.165) is 0 Å². The van der Waals surface area contributed by atoms with Gasteiger partial charge in [-0.3, -0.25) is 9.59 Å². The third kappa shape index (κ3) is 10.1. The first-order valence-corrected chi connectivity index (χ1v) is 2.12. The molecule has 3 heteroatoms. The predicted octanol–water partition coefficient (Wildman–Crippen LogP) is -2.33. The average Bonchev–Trinajstić information content (AvgIpc) is 1.27. The van der Waals surface area contributed by atoms with Gasteiger partial charge in [-0.05, 0) is 13.8 Å². The van der Waals surface area contributed by atoms with Gasteiger partial charge in [0.1, 0.15) is 11.6 Å². The van der Waals surface area contributed by atoms with Gasteiger partial charge in [0.15, 0.2) is 0 Å². The van der Waals surface area contributed by atoms with Crippen LogP contribution in [0.2, 0.25) is 0 Å². The molecule has 0 aromatic heterocycles. The van der Waals surface area contributed by atoms with Gasteiger partial charge in [0.25, 0.3) is 0 Å². The number of hydrogen-bond donors (Lipinski definition) is 0. The molecule has 0 bridgehead atoms. The molecule has 8 heavy (non-hydrogen) atoms. The van der Waals surface area contributed by atoms with Crippen LogP contribution in [0.3, 0.4) is 0 Å². The van der Waals surface area contributed by atoms with E-state index in [-0.39, 0.29) is 70.8 Å². The van der Waals surface area contributed by atoms with Crippen molar-refractivity contribution < 1.29 is 62.4 Å². The monoisotopic (exact) mass is 140 g/mol. The van der Waals surface area contributed by atoms with E-state index in [1.165, 1.54) is 13.8 Å². The molecule has 0 aromatic rings. The van der Waals surface area contributed by atoms with E-state index < -0.39 is 0 Å². The molecule has 2 nitrogen and oxygen atoms in total. The Morgan fingerprint density at radius 2 is 1.50 bits per heavy atom. The van der Waals surface area contributed by atoms with Crippen molar-refractivity contribution in [2.45, 2.75) is 20.3 Å². The van der Waals surface area contributed by atoms with Gasteiger partial charge in [0.05, 0.1) is 6.42 Å². The van der Waals surface area contributed by atoms with Gasteiger partial charge >= 0.3 is 51.4 Å². The second-order valence-corrected chi connectivity index (χ2v) is 1.58. The Balaban J connectivity index is -0.000000180. The molecule has 0 unspecified atom stereocenters. The van der Waals surface area contributed by atoms with Crippen LogP contribution >= 0.6 is 0 Å². The fourth-order valence-electron chi connectivity index (χ4n) is 0.351. The van der Waals surface area contributed by atoms with Crippen molar-refractivity contribution in [1.82, 2.24) is 0 Å². The van der Waals surface area contributed by atoms with Crippen LogP contribution in [0.15, 0.2) is 0 Å². The largest absolute Gasteiger partial charge is 1.00 e. The summed E-state index contributed by atoms with van der Waals surface area (Å²) in [5, 5.41) is 0. The van der Waals surface area contributed by atoms with Gasteiger partial charge in [0, 0.05) is 0 Å². The summed E-state index contributed by atoms with van der Waals surface area (Å²) in [5.41, 5.74) is 0. The van der Waals surface area contributed by atoms with E-state index in [0.29, 0.717) is 0 Å². The third-order valence-corrected chi connectivity index (χ3v) is 0.498. The topological polar surface area (TPSA) is 34.1 Å². The first-order chi connectivity index (χ1) is 3.13. The summed E-state index contributed by atoms with van der Waals surface area (Å²) in [5.74, 6) is -0.125. The molecule has 0 radical (unpaired) electrons. The third-order valence-electron chi connectivity index (χ3n) is 0.498. The van der Waals surface area contributed by atoms with Crippen molar-refractivity contribution in [3.63, 3.8) is 0 Å². The fourth-order valence-corrected chi connectivity index (χ4v) is 0.351. The molecule has 0 saturated carbocycles. The Labute approximate surface area is 92.9 Å². The summed E-state index contributed by atoms with van der Waals surface area (Å²) in [6.45, 7) is 2.81. The van der Waals surface area contributed by atoms with Crippen LogP contribution in [0.1, 0.15) is 21.7 Å². The van der Waals surface area contributed by atoms with E-state index >= 15 is 0 Å². The fraction of sp³-hybridized carbons (Fsp3) is 0.600. The van der Waals surface area contributed by atoms with Crippen LogP contribution < -0.4 is 51.4 Å². The molecule has 0 atom stereocenters. The van der Waals surface area contributed by atoms with Gasteiger partial charge in [-0.2, -0.15) is 0 Å². The smallest absolute Gasteiger partial charge is 1.00 e. The maximum absolute atomic E-state index is 10.0. The van der Waals surface area contributed by atoms with Crippen LogP contribution in [0.4, 0.5) is 0 Å². The average molecular weight is 140 g/mol. The van der Waals surface area contributed by atoms with Crippen LogP contribution in [0, 0.1) is 0 Å². The summed E-state index contributed by atoms with van der Waals surface area (Å²) in [6.07, 6.45) is 0.0833. The van der Waals surface area contributed by atoms with Gasteiger partial charge in [0.2, 0.25) is 0 Å². The zero-order valence-corrected chi connectivity index (χ0v) is 8.65. The summed E-state index contributed by atoms with van der Waals surface area (Å²) in [7, 11) is 0. The molecule has 0 spiro atoms. The second kappa shape index (κ2) is 6.10. The zero-order chi connectivity index (χ0) is 5.86. The molecule has 0 amide bonds. The van der Waals surface area contributed by atoms with Crippen molar-refractivity contribution in [2.75, 3.05) is 0 Å². The van der Waals surface area contributed by atoms with Gasteiger partial charge < -0.3 is 1.43 Å². The zero-order valence-electron chi connectivity index (χ0n) is 6.52. The van der Waals surface area contributed by atoms with Crippen molar-refractivity contribution in [1.29, 1.82) is 0 Å². The Morgan fingerprint density at radius 1 is 1.25 bits per heavy atom. The van der Waals surface area contributed by atoms with Gasteiger partial charge in [-0.1, -0.05) is 0 Å². The minimum atomic E-state index is -0.0625. The van der Waals surface area contributed by atoms with Crippen LogP contribution in [-0.2, 0) is 9.59 Å². The molecule has 0 aromatic carbocycles. The minimum Gasteiger partial charge on any atom is -1.00 e. The van der Waals surface area contributed by atoms with Crippen LogP contribution in [-0.4, -0.2) is 11.6 Å². The van der Waals surface area contributed by atoms with Crippen LogP contribution in [0.5, 0.6) is 0 Å². The summed E-state index contributed by atoms with van der Waals surface area (Å²) < 4.78 is 0. The van der Waals surface area contributed by atoms with Gasteiger partial charge in [-0.25, -0.2) is 0 Å². The molecule has 0 fully saturated rings. The summed E-state index contributed by atoms with van der Waals surface area (Å²) in [4.78, 5) is 20.1. The number of carbonyl (C=O) groups excluding carboxylic acids is 2. The van der Waals surface area contributed by atoms with Crippen molar-refractivity contribution in [3.8, 4) is 0 Å². The van der Waals surface area contributed by atoms with Crippen molar-refractivity contribution >= 4 is 11.6 Å². The standard InChI is InChI=1S/C5H8O2.K.H/c1-4(6)3-5(2)7;;/h3H2,1-2H3;;/q;+1;-1. The molecule has 0 saturated heterocycles. The van der Waals surface area contributed by atoms with E-state index in [1.807, 2.05) is 0 Å². The predicted molar refractivity (Wildman–Crippen MR) is 27.1 cm³/mol. The Bertz CT molecular complexity index is 91.1. The van der Waals surface area contributed by atoms with E-state index in [1.54, 1.807) is 0 Å². The summed E-state index contributed by atoms with van der Waals surface area (Å²) >= 11 is 0. The first-order valence-electron chi connectivity index (χ1n) is 2.12. The van der Waals surface area contributed by atoms with Gasteiger partial charge in [-0.15, -0.1) is 0 Å². The number of ketones is 2. The normalized spacial score (nSPS) is 7.25. The minimum absolute atomic E-state index is 0. The second-order valence-electron chi connectivity index (χ2n) is 1.58. The number of carbonyl (C=O) groups is 2. The van der Waals surface area contributed by atoms with E-state index in [4.69, 9.17) is 0 Å². The Morgan fingerprint density at radius 3 is 1.50 bits per heavy atom. The maximum Gasteiger partial charge on any atom is 1.00 e. The Hall–Kier alpha value is 0.976. The number of Topliss-reactive ketones (excluding diaryl/α,β-unsaturated/α-hetero) is 2. The van der Waals surface area contributed by atoms with Crippen molar-refractivity contribution in [2.24, 2.45) is 0 Å². The molecule has 0 N–H and O–H groups in total. The quantitative estimate of drug-likeness (QED) is 0.318. The van der Waals surface area contributed by atoms with E-state index in [9.17, 15) is 9.59 Å². The number of hydrogen-bond acceptors (Lipinski definition) is 2. The molecule has 42 valence electrons. The maximum atomic E-state index is 10.0.